The molecule has 0 aliphatic carbocycles. The summed E-state index contributed by atoms with van der Waals surface area (Å²) >= 11 is 17.0. The summed E-state index contributed by atoms with van der Waals surface area (Å²) in [4.78, 5) is 69.4. The van der Waals surface area contributed by atoms with E-state index in [1.54, 1.807) is 53.7 Å². The maximum atomic E-state index is 13.5. The zero-order valence-corrected chi connectivity index (χ0v) is 33.9. The number of methoxy groups -OCH3 is 1. The number of nitrogens with zero attached hydrogens (tertiary/aromatic N) is 2. The van der Waals surface area contributed by atoms with Gasteiger partial charge in [-0.25, -0.2) is 10.2 Å². The first-order valence-electron chi connectivity index (χ1n) is 17.1. The number of hydrazine groups is 1. The SMILES string of the molecule is C=C(NC(=O)[C@@H](OC(=O)C(C)(C)/C=C/c1ccc2ccc([C@@H](C)NC(=O)OC(C)(C)C)nc2c1)[C@@H](C)OC)C(=O)N1CCC[C@@H](C(=O)OCC(Cl)(Cl)Cl)N1. The molecule has 1 aromatic carbocycles. The van der Waals surface area contributed by atoms with Gasteiger partial charge in [-0.15, -0.1) is 0 Å². The van der Waals surface area contributed by atoms with Crippen molar-refractivity contribution in [2.24, 2.45) is 5.41 Å². The molecule has 3 rings (SSSR count). The molecule has 3 amide bonds. The number of alkyl carbamates (subject to hydrolysis) is 1. The number of halogens is 3. The smallest absolute Gasteiger partial charge is 0.408 e. The number of esters is 2. The first kappa shape index (κ1) is 44.4. The van der Waals surface area contributed by atoms with Crippen LogP contribution in [-0.2, 0) is 38.1 Å². The number of aromatic nitrogens is 1. The molecule has 1 aliphatic heterocycles. The molecule has 2 aromatic rings. The van der Waals surface area contributed by atoms with E-state index in [-0.39, 0.29) is 12.2 Å². The standard InChI is InChI=1S/C37H48Cl3N5O9/c1-21(42-34(50)54-35(4,5)6)26-15-14-25-13-12-24(19-28(25)43-26)16-17-36(7,8)33(49)53-29(23(3)51-9)30(46)41-22(2)31(47)45-18-10-11-27(44-45)32(48)52-20-37(38,39)40/h12-17,19,21,23,27,29,44H,2,10-11,18,20H2,1,3-9H3,(H,41,46)(H,42,50)/b17-16+/t21-,23-,27+,29+/m1/s1. The summed E-state index contributed by atoms with van der Waals surface area (Å²) in [6.07, 6.45) is 1.23. The molecule has 0 unspecified atom stereocenters. The third kappa shape index (κ3) is 13.4. The van der Waals surface area contributed by atoms with Gasteiger partial charge < -0.3 is 29.6 Å². The minimum atomic E-state index is -1.80. The second-order valence-electron chi connectivity index (χ2n) is 14.3. The number of rotatable bonds is 13. The van der Waals surface area contributed by atoms with Crippen LogP contribution in [-0.4, -0.2) is 87.7 Å². The van der Waals surface area contributed by atoms with E-state index in [0.717, 1.165) is 16.0 Å². The Morgan fingerprint density at radius 2 is 1.74 bits per heavy atom. The second-order valence-corrected chi connectivity index (χ2v) is 16.9. The van der Waals surface area contributed by atoms with Crippen molar-refractivity contribution in [1.82, 2.24) is 26.1 Å². The van der Waals surface area contributed by atoms with Crippen LogP contribution in [0.2, 0.25) is 0 Å². The van der Waals surface area contributed by atoms with Gasteiger partial charge >= 0.3 is 18.0 Å². The van der Waals surface area contributed by atoms with Gasteiger partial charge in [-0.2, -0.15) is 0 Å². The number of ether oxygens (including phenoxy) is 4. The van der Waals surface area contributed by atoms with E-state index in [4.69, 9.17) is 58.7 Å². The molecule has 3 N–H and O–H groups in total. The number of hydrogen-bond donors (Lipinski definition) is 3. The molecular formula is C37H48Cl3N5O9. The zero-order chi connectivity index (χ0) is 40.6. The molecule has 0 bridgehead atoms. The highest BCUT2D eigenvalue weighted by Crippen LogP contribution is 2.27. The average Bonchev–Trinajstić information content (AvgIpc) is 3.09. The van der Waals surface area contributed by atoms with Crippen LogP contribution in [0.3, 0.4) is 0 Å². The highest BCUT2D eigenvalue weighted by molar-refractivity contribution is 6.67. The van der Waals surface area contributed by atoms with Gasteiger partial charge in [-0.3, -0.25) is 29.2 Å². The largest absolute Gasteiger partial charge is 0.460 e. The van der Waals surface area contributed by atoms with Crippen LogP contribution in [0, 0.1) is 5.41 Å². The van der Waals surface area contributed by atoms with Gasteiger partial charge in [0.15, 0.2) is 0 Å². The number of hydrogen-bond acceptors (Lipinski definition) is 11. The number of carbonyl (C=O) groups excluding carboxylic acids is 5. The lowest BCUT2D eigenvalue weighted by Gasteiger charge is -2.33. The Morgan fingerprint density at radius 3 is 2.37 bits per heavy atom. The number of amides is 3. The van der Waals surface area contributed by atoms with Crippen LogP contribution < -0.4 is 16.1 Å². The van der Waals surface area contributed by atoms with Crippen LogP contribution >= 0.6 is 34.8 Å². The Balaban J connectivity index is 1.66. The minimum Gasteiger partial charge on any atom is -0.460 e. The van der Waals surface area contributed by atoms with Crippen LogP contribution in [0.1, 0.15) is 78.6 Å². The van der Waals surface area contributed by atoms with E-state index in [1.807, 2.05) is 30.3 Å². The van der Waals surface area contributed by atoms with E-state index in [9.17, 15) is 24.0 Å². The molecule has 1 aromatic heterocycles. The molecule has 0 spiro atoms. The van der Waals surface area contributed by atoms with Crippen molar-refractivity contribution < 1.29 is 42.9 Å². The summed E-state index contributed by atoms with van der Waals surface area (Å²) in [5.41, 5.74) is 2.59. The molecule has 4 atom stereocenters. The Hall–Kier alpha value is -3.95. The van der Waals surface area contributed by atoms with Gasteiger partial charge in [0.25, 0.3) is 11.8 Å². The summed E-state index contributed by atoms with van der Waals surface area (Å²) in [5.74, 6) is -3.04. The van der Waals surface area contributed by atoms with Crippen LogP contribution in [0.15, 0.2) is 48.7 Å². The van der Waals surface area contributed by atoms with Gasteiger partial charge in [0.1, 0.15) is 30.1 Å². The maximum absolute atomic E-state index is 13.5. The molecule has 0 radical (unpaired) electrons. The van der Waals surface area contributed by atoms with Crippen molar-refractivity contribution in [3.63, 3.8) is 0 Å². The number of benzene rings is 1. The van der Waals surface area contributed by atoms with Crippen LogP contribution in [0.5, 0.6) is 0 Å². The van der Waals surface area contributed by atoms with Crippen molar-refractivity contribution in [2.75, 3.05) is 20.3 Å². The van der Waals surface area contributed by atoms with E-state index in [0.29, 0.717) is 24.1 Å². The molecule has 1 saturated heterocycles. The average molecular weight is 813 g/mol. The summed E-state index contributed by atoms with van der Waals surface area (Å²) < 4.78 is 19.6. The molecule has 54 heavy (non-hydrogen) atoms. The normalized spacial score (nSPS) is 16.9. The maximum Gasteiger partial charge on any atom is 0.408 e. The molecule has 14 nitrogen and oxygen atoms in total. The fraction of sp³-hybridized carbons (Fsp3) is 0.514. The topological polar surface area (TPSA) is 174 Å². The number of pyridine rings is 1. The summed E-state index contributed by atoms with van der Waals surface area (Å²) in [7, 11) is 1.34. The summed E-state index contributed by atoms with van der Waals surface area (Å²) in [6.45, 7) is 15.3. The number of nitrogens with one attached hydrogen (secondary N) is 3. The number of carbonyl (C=O) groups is 5. The molecule has 1 aliphatic rings. The lowest BCUT2D eigenvalue weighted by Crippen LogP contribution is -2.57. The highest BCUT2D eigenvalue weighted by Gasteiger charge is 2.37. The van der Waals surface area contributed by atoms with Crippen molar-refractivity contribution in [3.8, 4) is 0 Å². The zero-order valence-electron chi connectivity index (χ0n) is 31.6. The predicted octanol–water partition coefficient (Wildman–Crippen LogP) is 5.85. The highest BCUT2D eigenvalue weighted by atomic mass is 35.6. The quantitative estimate of drug-likeness (QED) is 0.0959. The molecule has 0 saturated carbocycles. The van der Waals surface area contributed by atoms with E-state index in [1.165, 1.54) is 14.0 Å². The van der Waals surface area contributed by atoms with Gasteiger partial charge in [-0.05, 0) is 79.0 Å². The van der Waals surface area contributed by atoms with Crippen LogP contribution in [0.25, 0.3) is 17.0 Å². The van der Waals surface area contributed by atoms with E-state index < -0.39 is 75.6 Å². The third-order valence-corrected chi connectivity index (χ3v) is 8.38. The lowest BCUT2D eigenvalue weighted by molar-refractivity contribution is -0.169. The minimum absolute atomic E-state index is 0.203. The van der Waals surface area contributed by atoms with Crippen molar-refractivity contribution in [3.05, 3.63) is 59.9 Å². The first-order valence-corrected chi connectivity index (χ1v) is 18.3. The first-order chi connectivity index (χ1) is 25.0. The fourth-order valence-electron chi connectivity index (χ4n) is 4.97. The van der Waals surface area contributed by atoms with E-state index >= 15 is 0 Å². The Labute approximate surface area is 330 Å². The Morgan fingerprint density at radius 1 is 1.07 bits per heavy atom. The Bertz CT molecular complexity index is 1760. The third-order valence-electron chi connectivity index (χ3n) is 8.05. The molecule has 17 heteroatoms. The summed E-state index contributed by atoms with van der Waals surface area (Å²) in [5, 5.41) is 7.18. The van der Waals surface area contributed by atoms with Crippen molar-refractivity contribution in [1.29, 1.82) is 0 Å². The van der Waals surface area contributed by atoms with E-state index in [2.05, 4.69) is 22.6 Å². The predicted molar refractivity (Wildman–Crippen MR) is 205 cm³/mol. The van der Waals surface area contributed by atoms with Gasteiger partial charge in [0.2, 0.25) is 9.90 Å². The Kier molecular flexibility index (Phi) is 15.3. The fourth-order valence-corrected chi connectivity index (χ4v) is 5.13. The molecule has 1 fully saturated rings. The van der Waals surface area contributed by atoms with Gasteiger partial charge in [0, 0.05) is 19.0 Å². The van der Waals surface area contributed by atoms with Crippen molar-refractivity contribution in [2.45, 2.75) is 95.0 Å². The summed E-state index contributed by atoms with van der Waals surface area (Å²) in [6, 6.07) is 7.99. The lowest BCUT2D eigenvalue weighted by atomic mass is 9.92. The van der Waals surface area contributed by atoms with Crippen molar-refractivity contribution >= 4 is 81.6 Å². The second kappa shape index (κ2) is 18.6. The molecule has 2 heterocycles. The monoisotopic (exact) mass is 811 g/mol. The number of alkyl halides is 3. The van der Waals surface area contributed by atoms with Crippen LogP contribution in [0.4, 0.5) is 4.79 Å². The molecule has 296 valence electrons. The number of fused-ring (bicyclic) bond motifs is 1. The molecular weight excluding hydrogens is 765 g/mol. The van der Waals surface area contributed by atoms with Gasteiger partial charge in [-0.1, -0.05) is 71.7 Å². The van der Waals surface area contributed by atoms with Gasteiger partial charge in [0.05, 0.1) is 22.7 Å².